The number of carbonyl (C=O) groups is 2. The van der Waals surface area contributed by atoms with Gasteiger partial charge in [-0.25, -0.2) is 0 Å². The van der Waals surface area contributed by atoms with Crippen LogP contribution in [0.15, 0.2) is 39.5 Å². The van der Waals surface area contributed by atoms with Crippen molar-refractivity contribution < 1.29 is 24.2 Å². The number of aryl methyl sites for hydroxylation is 1. The molecule has 1 atom stereocenters. The molecular weight excluding hydrogens is 408 g/mol. The Balaban J connectivity index is 1.90. The largest absolute Gasteiger partial charge is 0.508 e. The topological polar surface area (TPSA) is 143 Å². The van der Waals surface area contributed by atoms with Crippen LogP contribution in [0.4, 0.5) is 0 Å². The lowest BCUT2D eigenvalue weighted by atomic mass is 9.75. The first-order valence-corrected chi connectivity index (χ1v) is 10.7. The number of thioether (sulfide) groups is 1. The molecule has 0 aliphatic carbocycles. The maximum atomic E-state index is 12.9. The minimum atomic E-state index is -1.08. The highest BCUT2D eigenvalue weighted by Crippen LogP contribution is 2.44. The van der Waals surface area contributed by atoms with Crippen molar-refractivity contribution in [3.05, 3.63) is 57.6 Å². The van der Waals surface area contributed by atoms with E-state index in [0.717, 1.165) is 11.5 Å². The van der Waals surface area contributed by atoms with Gasteiger partial charge in [-0.05, 0) is 49.0 Å². The van der Waals surface area contributed by atoms with Gasteiger partial charge in [-0.3, -0.25) is 14.4 Å². The van der Waals surface area contributed by atoms with Gasteiger partial charge in [0, 0.05) is 17.9 Å². The van der Waals surface area contributed by atoms with Crippen molar-refractivity contribution in [2.75, 3.05) is 11.5 Å². The summed E-state index contributed by atoms with van der Waals surface area (Å²) in [6, 6.07) is 5.93. The number of phenolic OH excluding ortho intramolecular Hbond substituents is 1. The van der Waals surface area contributed by atoms with Crippen LogP contribution in [0.5, 0.6) is 11.5 Å². The predicted molar refractivity (Wildman–Crippen MR) is 112 cm³/mol. The molecule has 1 aliphatic rings. The van der Waals surface area contributed by atoms with Gasteiger partial charge < -0.3 is 25.7 Å². The molecule has 0 radical (unpaired) electrons. The number of phenols is 1. The van der Waals surface area contributed by atoms with Crippen molar-refractivity contribution in [2.24, 2.45) is 5.73 Å². The second-order valence-electron chi connectivity index (χ2n) is 7.46. The van der Waals surface area contributed by atoms with Crippen LogP contribution in [0.25, 0.3) is 0 Å². The molecule has 1 aliphatic heterocycles. The first-order valence-electron chi connectivity index (χ1n) is 9.51. The Hall–Kier alpha value is -2.94. The monoisotopic (exact) mass is 432 g/mol. The lowest BCUT2D eigenvalue weighted by Crippen LogP contribution is -2.42. The van der Waals surface area contributed by atoms with E-state index < -0.39 is 34.4 Å². The third-order valence-electron chi connectivity index (χ3n) is 5.29. The Morgan fingerprint density at radius 2 is 1.87 bits per heavy atom. The molecule has 1 aromatic carbocycles. The van der Waals surface area contributed by atoms with Crippen molar-refractivity contribution >= 4 is 23.6 Å². The average molecular weight is 432 g/mol. The summed E-state index contributed by atoms with van der Waals surface area (Å²) in [5, 5.41) is 22.5. The Kier molecular flexibility index (Phi) is 6.40. The van der Waals surface area contributed by atoms with Gasteiger partial charge in [0.1, 0.15) is 17.6 Å². The number of carbonyl (C=O) groups excluding carboxylic acids is 2. The fourth-order valence-corrected chi connectivity index (χ4v) is 4.99. The van der Waals surface area contributed by atoms with Crippen molar-refractivity contribution in [3.63, 3.8) is 0 Å². The zero-order chi connectivity index (χ0) is 21.9. The highest BCUT2D eigenvalue weighted by atomic mass is 32.2. The summed E-state index contributed by atoms with van der Waals surface area (Å²) in [7, 11) is 0. The molecule has 2 aromatic rings. The summed E-state index contributed by atoms with van der Waals surface area (Å²) in [6.07, 6.45) is 0.992. The molecule has 2 amide bonds. The molecule has 1 aromatic heterocycles. The summed E-state index contributed by atoms with van der Waals surface area (Å²) >= 11 is 1.72. The predicted octanol–water partition coefficient (Wildman–Crippen LogP) is 1.86. The van der Waals surface area contributed by atoms with E-state index in [1.54, 1.807) is 18.7 Å². The van der Waals surface area contributed by atoms with E-state index in [4.69, 9.17) is 10.2 Å². The first kappa shape index (κ1) is 21.8. The van der Waals surface area contributed by atoms with Crippen LogP contribution >= 0.6 is 11.8 Å². The number of nitrogens with one attached hydrogen (secondary N) is 1. The van der Waals surface area contributed by atoms with E-state index in [-0.39, 0.29) is 17.9 Å². The number of nitrogens with two attached hydrogens (primary N) is 1. The van der Waals surface area contributed by atoms with Gasteiger partial charge in [0.05, 0.1) is 0 Å². The Bertz CT molecular complexity index is 996. The molecule has 8 nitrogen and oxygen atoms in total. The van der Waals surface area contributed by atoms with Crippen molar-refractivity contribution in [1.29, 1.82) is 0 Å². The third kappa shape index (κ3) is 4.62. The van der Waals surface area contributed by atoms with E-state index in [1.807, 2.05) is 0 Å². The summed E-state index contributed by atoms with van der Waals surface area (Å²) in [5.41, 5.74) is 4.50. The van der Waals surface area contributed by atoms with Crippen LogP contribution in [0.1, 0.15) is 42.4 Å². The lowest BCUT2D eigenvalue weighted by molar-refractivity contribution is -0.128. The average Bonchev–Trinajstić information content (AvgIpc) is 2.70. The number of hydrogen-bond acceptors (Lipinski definition) is 7. The van der Waals surface area contributed by atoms with Gasteiger partial charge in [0.25, 0.3) is 0 Å². The summed E-state index contributed by atoms with van der Waals surface area (Å²) in [6.45, 7) is 1.61. The van der Waals surface area contributed by atoms with Crippen molar-refractivity contribution in [2.45, 2.75) is 37.6 Å². The number of rotatable bonds is 6. The number of primary amides is 1. The highest BCUT2D eigenvalue weighted by molar-refractivity contribution is 7.99. The van der Waals surface area contributed by atoms with Gasteiger partial charge in [-0.1, -0.05) is 12.1 Å². The molecule has 0 bridgehead atoms. The Morgan fingerprint density at radius 3 is 2.47 bits per heavy atom. The van der Waals surface area contributed by atoms with Crippen LogP contribution in [0, 0.1) is 6.92 Å². The second kappa shape index (κ2) is 8.83. The van der Waals surface area contributed by atoms with Crippen molar-refractivity contribution in [1.82, 2.24) is 5.32 Å². The van der Waals surface area contributed by atoms with E-state index in [9.17, 15) is 24.6 Å². The molecular formula is C21H24N2O6S. The number of benzene rings is 1. The summed E-state index contributed by atoms with van der Waals surface area (Å²) in [5.74, 6) is 0.285. The molecule has 9 heteroatoms. The number of amides is 2. The van der Waals surface area contributed by atoms with Crippen LogP contribution in [-0.2, 0) is 15.0 Å². The molecule has 5 N–H and O–H groups in total. The fourth-order valence-electron chi connectivity index (χ4n) is 3.71. The number of aromatic hydroxyl groups is 2. The molecule has 0 spiro atoms. The Morgan fingerprint density at radius 1 is 1.23 bits per heavy atom. The molecule has 160 valence electrons. The first-order chi connectivity index (χ1) is 14.2. The number of hydrogen-bond donors (Lipinski definition) is 4. The summed E-state index contributed by atoms with van der Waals surface area (Å²) in [4.78, 5) is 37.0. The summed E-state index contributed by atoms with van der Waals surface area (Å²) < 4.78 is 5.72. The van der Waals surface area contributed by atoms with Crippen LogP contribution in [0.2, 0.25) is 0 Å². The third-order valence-corrected chi connectivity index (χ3v) is 6.28. The van der Waals surface area contributed by atoms with E-state index in [1.165, 1.54) is 30.3 Å². The maximum absolute atomic E-state index is 12.9. The Labute approximate surface area is 177 Å². The van der Waals surface area contributed by atoms with E-state index in [2.05, 4.69) is 5.32 Å². The van der Waals surface area contributed by atoms with Crippen LogP contribution < -0.4 is 16.5 Å². The maximum Gasteiger partial charge on any atom is 0.244 e. The molecule has 3 rings (SSSR count). The lowest BCUT2D eigenvalue weighted by Gasteiger charge is -2.36. The fraction of sp³-hybridized carbons (Fsp3) is 0.381. The smallest absolute Gasteiger partial charge is 0.244 e. The van der Waals surface area contributed by atoms with Gasteiger partial charge >= 0.3 is 0 Å². The van der Waals surface area contributed by atoms with E-state index >= 15 is 0 Å². The molecule has 30 heavy (non-hydrogen) atoms. The zero-order valence-electron chi connectivity index (χ0n) is 16.5. The standard InChI is InChI=1S/C21H24N2O6S/c1-12-10-15(25)18(27)19(29-12)21(6-8-30-9-7-21)11-16(26)23-17(20(22)28)13-2-4-14(24)5-3-13/h2-5,10,17,24,27H,6-9,11H2,1H3,(H2,22,28)(H,23,26)/t17-/m1/s1. The van der Waals surface area contributed by atoms with Gasteiger partial charge in [-0.2, -0.15) is 11.8 Å². The van der Waals surface area contributed by atoms with Gasteiger partial charge in [-0.15, -0.1) is 0 Å². The van der Waals surface area contributed by atoms with Crippen LogP contribution in [0.3, 0.4) is 0 Å². The van der Waals surface area contributed by atoms with Crippen molar-refractivity contribution in [3.8, 4) is 11.5 Å². The molecule has 0 unspecified atom stereocenters. The molecule has 0 saturated carbocycles. The normalized spacial score (nSPS) is 16.6. The SMILES string of the molecule is Cc1cc(=O)c(O)c(C2(CC(=O)N[C@@H](C(N)=O)c3ccc(O)cc3)CCSCC2)o1. The van der Waals surface area contributed by atoms with Crippen LogP contribution in [-0.4, -0.2) is 33.5 Å². The minimum Gasteiger partial charge on any atom is -0.508 e. The second-order valence-corrected chi connectivity index (χ2v) is 8.69. The zero-order valence-corrected chi connectivity index (χ0v) is 17.3. The quantitative estimate of drug-likeness (QED) is 0.545. The van der Waals surface area contributed by atoms with Gasteiger partial charge in [0.2, 0.25) is 23.0 Å². The minimum absolute atomic E-state index is 0.0249. The van der Waals surface area contributed by atoms with E-state index in [0.29, 0.717) is 24.2 Å². The van der Waals surface area contributed by atoms with Gasteiger partial charge in [0.15, 0.2) is 5.76 Å². The molecule has 2 heterocycles. The molecule has 1 saturated heterocycles. The highest BCUT2D eigenvalue weighted by Gasteiger charge is 2.42. The molecule has 1 fully saturated rings.